The number of hydroxylamine groups is 1. The first-order valence-electron chi connectivity index (χ1n) is 6.94. The first-order valence-corrected chi connectivity index (χ1v) is 9.66. The molecule has 0 bridgehead atoms. The Bertz CT molecular complexity index is 872. The fourth-order valence-electron chi connectivity index (χ4n) is 1.85. The molecule has 0 radical (unpaired) electrons. The molecular weight excluding hydrogens is 433 g/mol. The van der Waals surface area contributed by atoms with Gasteiger partial charge in [0.1, 0.15) is 5.82 Å². The Kier molecular flexibility index (Phi) is 6.13. The van der Waals surface area contributed by atoms with E-state index >= 15 is 0 Å². The van der Waals surface area contributed by atoms with Crippen LogP contribution in [0.2, 0.25) is 0 Å². The van der Waals surface area contributed by atoms with Gasteiger partial charge in [0.25, 0.3) is 0 Å². The van der Waals surface area contributed by atoms with Crippen molar-refractivity contribution >= 4 is 50.6 Å². The highest BCUT2D eigenvalue weighted by molar-refractivity contribution is 9.10. The van der Waals surface area contributed by atoms with E-state index in [4.69, 9.17) is 4.63 Å². The Morgan fingerprint density at radius 3 is 3.04 bits per heavy atom. The normalized spacial score (nSPS) is 11.7. The van der Waals surface area contributed by atoms with Gasteiger partial charge in [0.05, 0.1) is 21.4 Å². The topological polar surface area (TPSA) is 96.4 Å². The van der Waals surface area contributed by atoms with Crippen LogP contribution in [-0.4, -0.2) is 32.1 Å². The van der Waals surface area contributed by atoms with E-state index < -0.39 is 5.82 Å². The number of nitrogens with zero attached hydrogens (tertiary/aromatic N) is 4. The molecule has 0 saturated carbocycles. The van der Waals surface area contributed by atoms with Crippen molar-refractivity contribution in [2.24, 2.45) is 4.99 Å². The highest BCUT2D eigenvalue weighted by Gasteiger charge is 2.17. The number of hydrogen-bond donors (Lipinski definition) is 2. The summed E-state index contributed by atoms with van der Waals surface area (Å²) in [4.78, 5) is 8.43. The van der Waals surface area contributed by atoms with Gasteiger partial charge < -0.3 is 0 Å². The second kappa shape index (κ2) is 8.52. The van der Waals surface area contributed by atoms with E-state index in [9.17, 15) is 9.60 Å². The Labute approximate surface area is 158 Å². The average molecular weight is 444 g/mol. The molecule has 2 aromatic heterocycles. The molecular formula is C14H11BrFN5O2S2. The highest BCUT2D eigenvalue weighted by Crippen LogP contribution is 2.25. The molecule has 3 rings (SSSR count). The number of thiazole rings is 1. The molecule has 0 amide bonds. The van der Waals surface area contributed by atoms with Crippen LogP contribution >= 0.6 is 39.0 Å². The van der Waals surface area contributed by atoms with Crippen molar-refractivity contribution in [2.75, 3.05) is 5.75 Å². The van der Waals surface area contributed by atoms with Crippen molar-refractivity contribution in [3.05, 3.63) is 50.8 Å². The second-order valence-corrected chi connectivity index (χ2v) is 7.32. The Morgan fingerprint density at radius 1 is 1.44 bits per heavy atom. The molecule has 1 aromatic carbocycles. The molecule has 0 saturated heterocycles. The lowest BCUT2D eigenvalue weighted by molar-refractivity contribution is 0.234. The van der Waals surface area contributed by atoms with Gasteiger partial charge in [0, 0.05) is 11.1 Å². The van der Waals surface area contributed by atoms with Crippen LogP contribution in [0.5, 0.6) is 0 Å². The number of amidine groups is 1. The summed E-state index contributed by atoms with van der Waals surface area (Å²) in [6, 6.07) is 4.22. The molecule has 0 unspecified atom stereocenters. The molecule has 0 aliphatic rings. The van der Waals surface area contributed by atoms with Crippen LogP contribution in [0.15, 0.2) is 48.2 Å². The predicted octanol–water partition coefficient (Wildman–Crippen LogP) is 3.82. The quantitative estimate of drug-likeness (QED) is 0.258. The molecule has 130 valence electrons. The minimum absolute atomic E-state index is 0.0518. The zero-order valence-electron chi connectivity index (χ0n) is 12.5. The summed E-state index contributed by atoms with van der Waals surface area (Å²) < 4.78 is 18.3. The predicted molar refractivity (Wildman–Crippen MR) is 96.1 cm³/mol. The minimum Gasteiger partial charge on any atom is -0.290 e. The standard InChI is InChI=1S/C14H11BrFN5O2S2/c15-10-5-8(1-2-11(10)16)18-13(19-22)12-14(21-23-20-12)25-4-3-9-6-24-7-17-9/h1-2,5-7,22H,3-4H2,(H,18,19). The van der Waals surface area contributed by atoms with Gasteiger partial charge in [-0.2, -0.15) is 0 Å². The maximum absolute atomic E-state index is 13.3. The maximum atomic E-state index is 13.3. The molecule has 0 aliphatic heterocycles. The van der Waals surface area contributed by atoms with Crippen molar-refractivity contribution in [3.63, 3.8) is 0 Å². The van der Waals surface area contributed by atoms with Crippen LogP contribution in [0, 0.1) is 5.82 Å². The van der Waals surface area contributed by atoms with E-state index in [0.29, 0.717) is 16.5 Å². The summed E-state index contributed by atoms with van der Waals surface area (Å²) >= 11 is 6.04. The number of rotatable bonds is 6. The summed E-state index contributed by atoms with van der Waals surface area (Å²) in [7, 11) is 0. The zero-order valence-corrected chi connectivity index (χ0v) is 15.7. The average Bonchev–Trinajstić information content (AvgIpc) is 3.28. The molecule has 3 aromatic rings. The van der Waals surface area contributed by atoms with Crippen molar-refractivity contribution in [1.29, 1.82) is 0 Å². The SMILES string of the molecule is ONC(=Nc1ccc(F)c(Br)c1)c1nonc1SCCc1cscn1. The van der Waals surface area contributed by atoms with E-state index in [1.807, 2.05) is 10.9 Å². The number of halogens is 2. The lowest BCUT2D eigenvalue weighted by Crippen LogP contribution is -2.21. The van der Waals surface area contributed by atoms with Crippen LogP contribution in [0.1, 0.15) is 11.4 Å². The van der Waals surface area contributed by atoms with Gasteiger partial charge in [-0.3, -0.25) is 10.7 Å². The first-order chi connectivity index (χ1) is 12.2. The first kappa shape index (κ1) is 18.0. The molecule has 7 nitrogen and oxygen atoms in total. The third-order valence-electron chi connectivity index (χ3n) is 3.01. The zero-order chi connectivity index (χ0) is 17.6. The molecule has 2 N–H and O–H groups in total. The third kappa shape index (κ3) is 4.63. The number of aryl methyl sites for hydroxylation is 1. The maximum Gasteiger partial charge on any atom is 0.186 e. The van der Waals surface area contributed by atoms with E-state index in [1.54, 1.807) is 16.8 Å². The van der Waals surface area contributed by atoms with Crippen LogP contribution in [0.4, 0.5) is 10.1 Å². The molecule has 0 spiro atoms. The summed E-state index contributed by atoms with van der Waals surface area (Å²) in [5, 5.41) is 19.5. The molecule has 0 atom stereocenters. The number of nitrogens with one attached hydrogen (secondary N) is 1. The summed E-state index contributed by atoms with van der Waals surface area (Å²) in [6.45, 7) is 0. The summed E-state index contributed by atoms with van der Waals surface area (Å²) in [6.07, 6.45) is 0.768. The molecule has 0 fully saturated rings. The third-order valence-corrected chi connectivity index (χ3v) is 5.21. The monoisotopic (exact) mass is 443 g/mol. The summed E-state index contributed by atoms with van der Waals surface area (Å²) in [5.74, 6) is 0.362. The van der Waals surface area contributed by atoms with Crippen molar-refractivity contribution in [3.8, 4) is 0 Å². The molecule has 11 heteroatoms. The lowest BCUT2D eigenvalue weighted by Gasteiger charge is -2.03. The molecule has 2 heterocycles. The van der Waals surface area contributed by atoms with Gasteiger partial charge in [0.15, 0.2) is 16.6 Å². The lowest BCUT2D eigenvalue weighted by atomic mass is 10.3. The van der Waals surface area contributed by atoms with Gasteiger partial charge in [0.2, 0.25) is 0 Å². The van der Waals surface area contributed by atoms with Crippen LogP contribution in [0.25, 0.3) is 0 Å². The summed E-state index contributed by atoms with van der Waals surface area (Å²) in [5.41, 5.74) is 5.46. The van der Waals surface area contributed by atoms with Gasteiger partial charge in [-0.15, -0.1) is 23.1 Å². The highest BCUT2D eigenvalue weighted by atomic mass is 79.9. The molecule has 25 heavy (non-hydrogen) atoms. The van der Waals surface area contributed by atoms with Gasteiger partial charge in [-0.25, -0.2) is 19.0 Å². The Balaban J connectivity index is 1.75. The second-order valence-electron chi connectivity index (χ2n) is 4.67. The van der Waals surface area contributed by atoms with Gasteiger partial charge >= 0.3 is 0 Å². The number of aliphatic imine (C=N–C) groups is 1. The number of thioether (sulfide) groups is 1. The largest absolute Gasteiger partial charge is 0.290 e. The van der Waals surface area contributed by atoms with E-state index in [0.717, 1.165) is 12.1 Å². The van der Waals surface area contributed by atoms with Crippen LogP contribution < -0.4 is 5.48 Å². The van der Waals surface area contributed by atoms with Crippen LogP contribution in [-0.2, 0) is 6.42 Å². The van der Waals surface area contributed by atoms with Crippen molar-refractivity contribution < 1.29 is 14.2 Å². The number of benzene rings is 1. The molecule has 0 aliphatic carbocycles. The Hall–Kier alpha value is -1.82. The fourth-order valence-corrected chi connectivity index (χ4v) is 3.67. The van der Waals surface area contributed by atoms with Gasteiger partial charge in [-0.05, 0) is 50.9 Å². The van der Waals surface area contributed by atoms with E-state index in [1.165, 1.54) is 30.0 Å². The Morgan fingerprint density at radius 2 is 2.32 bits per heavy atom. The van der Waals surface area contributed by atoms with Crippen LogP contribution in [0.3, 0.4) is 0 Å². The number of aromatic nitrogens is 3. The van der Waals surface area contributed by atoms with Gasteiger partial charge in [-0.1, -0.05) is 0 Å². The smallest absolute Gasteiger partial charge is 0.186 e. The van der Waals surface area contributed by atoms with Crippen molar-refractivity contribution in [1.82, 2.24) is 20.8 Å². The van der Waals surface area contributed by atoms with E-state index in [2.05, 4.69) is 36.2 Å². The minimum atomic E-state index is -0.404. The number of hydrogen-bond acceptors (Lipinski definition) is 8. The van der Waals surface area contributed by atoms with E-state index in [-0.39, 0.29) is 16.0 Å². The fraction of sp³-hybridized carbons (Fsp3) is 0.143. The van der Waals surface area contributed by atoms with Crippen molar-refractivity contribution in [2.45, 2.75) is 11.4 Å².